The molecule has 0 unspecified atom stereocenters. The van der Waals surface area contributed by atoms with Crippen molar-refractivity contribution in [2.24, 2.45) is 0 Å². The number of benzene rings is 2. The number of anilines is 2. The molecule has 0 saturated heterocycles. The van der Waals surface area contributed by atoms with Crippen LogP contribution in [0.2, 0.25) is 0 Å². The molecule has 0 spiro atoms. The maximum Gasteiger partial charge on any atom is 0.416 e. The van der Waals surface area contributed by atoms with Crippen LogP contribution in [0.5, 0.6) is 11.5 Å². The molecule has 0 saturated carbocycles. The predicted molar refractivity (Wildman–Crippen MR) is 88.1 cm³/mol. The van der Waals surface area contributed by atoms with Gasteiger partial charge in [0.2, 0.25) is 5.91 Å². The van der Waals surface area contributed by atoms with E-state index >= 15 is 0 Å². The Balaban J connectivity index is 1.97. The van der Waals surface area contributed by atoms with Crippen LogP contribution in [0.4, 0.5) is 24.5 Å². The summed E-state index contributed by atoms with van der Waals surface area (Å²) in [5, 5.41) is 5.28. The van der Waals surface area contributed by atoms with Gasteiger partial charge in [0, 0.05) is 17.4 Å². The molecule has 0 atom stereocenters. The minimum absolute atomic E-state index is 0.0777. The number of methoxy groups -OCH3 is 2. The van der Waals surface area contributed by atoms with Gasteiger partial charge in [-0.15, -0.1) is 0 Å². The Bertz CT molecular complexity index is 748. The summed E-state index contributed by atoms with van der Waals surface area (Å²) in [5.41, 5.74) is -0.135. The number of carbonyl (C=O) groups is 1. The second kappa shape index (κ2) is 7.78. The average molecular weight is 354 g/mol. The highest BCUT2D eigenvalue weighted by Gasteiger charge is 2.30. The Kier molecular flexibility index (Phi) is 5.74. The molecule has 0 aliphatic rings. The number of amides is 1. The highest BCUT2D eigenvalue weighted by atomic mass is 19.4. The van der Waals surface area contributed by atoms with Gasteiger partial charge in [0.25, 0.3) is 0 Å². The maximum atomic E-state index is 12.7. The molecule has 2 aromatic rings. The first kappa shape index (κ1) is 18.4. The minimum Gasteiger partial charge on any atom is -0.493 e. The average Bonchev–Trinajstić information content (AvgIpc) is 2.59. The molecule has 2 N–H and O–H groups in total. The Morgan fingerprint density at radius 1 is 1.00 bits per heavy atom. The minimum atomic E-state index is -4.46. The number of halogens is 3. The molecule has 0 bridgehead atoms. The van der Waals surface area contributed by atoms with Crippen LogP contribution in [-0.4, -0.2) is 26.7 Å². The first-order chi connectivity index (χ1) is 11.8. The van der Waals surface area contributed by atoms with E-state index in [1.165, 1.54) is 26.4 Å². The summed E-state index contributed by atoms with van der Waals surface area (Å²) in [5.74, 6) is 0.557. The first-order valence-corrected chi connectivity index (χ1v) is 7.26. The second-order valence-corrected chi connectivity index (χ2v) is 5.05. The first-order valence-electron chi connectivity index (χ1n) is 7.26. The van der Waals surface area contributed by atoms with Crippen molar-refractivity contribution < 1.29 is 27.4 Å². The molecule has 134 valence electrons. The third-order valence-electron chi connectivity index (χ3n) is 3.31. The van der Waals surface area contributed by atoms with Crippen molar-refractivity contribution in [3.63, 3.8) is 0 Å². The maximum absolute atomic E-state index is 12.7. The van der Waals surface area contributed by atoms with E-state index in [4.69, 9.17) is 9.47 Å². The fraction of sp³-hybridized carbons (Fsp3) is 0.235. The number of alkyl halides is 3. The molecular weight excluding hydrogens is 337 g/mol. The number of ether oxygens (including phenoxy) is 2. The van der Waals surface area contributed by atoms with E-state index in [0.29, 0.717) is 17.2 Å². The van der Waals surface area contributed by atoms with Gasteiger partial charge in [-0.05, 0) is 30.3 Å². The van der Waals surface area contributed by atoms with Gasteiger partial charge >= 0.3 is 6.18 Å². The van der Waals surface area contributed by atoms with Crippen molar-refractivity contribution >= 4 is 17.3 Å². The normalized spacial score (nSPS) is 10.9. The van der Waals surface area contributed by atoms with Crippen LogP contribution in [0.15, 0.2) is 42.5 Å². The summed E-state index contributed by atoms with van der Waals surface area (Å²) >= 11 is 0. The van der Waals surface area contributed by atoms with Crippen LogP contribution < -0.4 is 20.1 Å². The smallest absolute Gasteiger partial charge is 0.416 e. The van der Waals surface area contributed by atoms with E-state index in [1.54, 1.807) is 18.2 Å². The fourth-order valence-electron chi connectivity index (χ4n) is 2.11. The van der Waals surface area contributed by atoms with Crippen LogP contribution in [0.1, 0.15) is 5.56 Å². The van der Waals surface area contributed by atoms with Crippen LogP contribution in [0, 0.1) is 0 Å². The van der Waals surface area contributed by atoms with E-state index in [2.05, 4.69) is 10.6 Å². The lowest BCUT2D eigenvalue weighted by molar-refractivity contribution is -0.137. The Morgan fingerprint density at radius 3 is 2.36 bits per heavy atom. The number of hydrogen-bond acceptors (Lipinski definition) is 4. The van der Waals surface area contributed by atoms with Crippen LogP contribution >= 0.6 is 0 Å². The zero-order chi connectivity index (χ0) is 18.4. The molecule has 2 aromatic carbocycles. The van der Waals surface area contributed by atoms with Gasteiger partial charge in [-0.25, -0.2) is 0 Å². The topological polar surface area (TPSA) is 59.6 Å². The quantitative estimate of drug-likeness (QED) is 0.829. The molecule has 5 nitrogen and oxygen atoms in total. The molecule has 0 fully saturated rings. The lowest BCUT2D eigenvalue weighted by atomic mass is 10.2. The van der Waals surface area contributed by atoms with Crippen LogP contribution in [0.25, 0.3) is 0 Å². The van der Waals surface area contributed by atoms with Gasteiger partial charge in [-0.2, -0.15) is 13.2 Å². The Hall–Kier alpha value is -2.90. The van der Waals surface area contributed by atoms with Gasteiger partial charge < -0.3 is 20.1 Å². The molecule has 0 aliphatic carbocycles. The van der Waals surface area contributed by atoms with E-state index in [0.717, 1.165) is 12.1 Å². The monoisotopic (exact) mass is 354 g/mol. The second-order valence-electron chi connectivity index (χ2n) is 5.05. The SMILES string of the molecule is COc1ccc(NCC(=O)Nc2cccc(C(F)(F)F)c2)cc1OC. The van der Waals surface area contributed by atoms with Crippen molar-refractivity contribution in [3.8, 4) is 11.5 Å². The predicted octanol–water partition coefficient (Wildman–Crippen LogP) is 3.77. The molecule has 0 radical (unpaired) electrons. The van der Waals surface area contributed by atoms with E-state index in [-0.39, 0.29) is 12.2 Å². The summed E-state index contributed by atoms with van der Waals surface area (Å²) in [4.78, 5) is 11.9. The standard InChI is InChI=1S/C17H17F3N2O3/c1-24-14-7-6-12(9-15(14)25-2)21-10-16(23)22-13-5-3-4-11(8-13)17(18,19)20/h3-9,21H,10H2,1-2H3,(H,22,23). The number of carbonyl (C=O) groups excluding carboxylic acids is 1. The van der Waals surface area contributed by atoms with Crippen molar-refractivity contribution in [2.75, 3.05) is 31.4 Å². The third kappa shape index (κ3) is 5.03. The number of hydrogen-bond donors (Lipinski definition) is 2. The molecule has 1 amide bonds. The van der Waals surface area contributed by atoms with Gasteiger partial charge in [0.1, 0.15) is 0 Å². The van der Waals surface area contributed by atoms with Crippen LogP contribution in [0.3, 0.4) is 0 Å². The highest BCUT2D eigenvalue weighted by Crippen LogP contribution is 2.31. The molecule has 25 heavy (non-hydrogen) atoms. The molecular formula is C17H17F3N2O3. The summed E-state index contributed by atoms with van der Waals surface area (Å²) in [6.45, 7) is -0.119. The van der Waals surface area contributed by atoms with Crippen molar-refractivity contribution in [1.29, 1.82) is 0 Å². The largest absolute Gasteiger partial charge is 0.493 e. The Labute approximate surface area is 142 Å². The summed E-state index contributed by atoms with van der Waals surface area (Å²) in [6, 6.07) is 9.47. The van der Waals surface area contributed by atoms with E-state index in [9.17, 15) is 18.0 Å². The van der Waals surface area contributed by atoms with Crippen molar-refractivity contribution in [2.45, 2.75) is 6.18 Å². The number of nitrogens with one attached hydrogen (secondary N) is 2. The molecule has 2 rings (SSSR count). The van der Waals surface area contributed by atoms with E-state index in [1.807, 2.05) is 0 Å². The molecule has 0 heterocycles. The molecule has 0 aromatic heterocycles. The lowest BCUT2D eigenvalue weighted by Crippen LogP contribution is -2.22. The fourth-order valence-corrected chi connectivity index (χ4v) is 2.11. The summed E-state index contributed by atoms with van der Waals surface area (Å²) in [7, 11) is 3.00. The molecule has 8 heteroatoms. The third-order valence-corrected chi connectivity index (χ3v) is 3.31. The Morgan fingerprint density at radius 2 is 1.72 bits per heavy atom. The number of rotatable bonds is 6. The lowest BCUT2D eigenvalue weighted by Gasteiger charge is -2.12. The van der Waals surface area contributed by atoms with Gasteiger partial charge in [-0.3, -0.25) is 4.79 Å². The van der Waals surface area contributed by atoms with Gasteiger partial charge in [0.15, 0.2) is 11.5 Å². The van der Waals surface area contributed by atoms with E-state index < -0.39 is 17.6 Å². The zero-order valence-corrected chi connectivity index (χ0v) is 13.6. The van der Waals surface area contributed by atoms with Crippen molar-refractivity contribution in [1.82, 2.24) is 0 Å². The highest BCUT2D eigenvalue weighted by molar-refractivity contribution is 5.93. The summed E-state index contributed by atoms with van der Waals surface area (Å²) in [6.07, 6.45) is -4.46. The van der Waals surface area contributed by atoms with Crippen molar-refractivity contribution in [3.05, 3.63) is 48.0 Å². The summed E-state index contributed by atoms with van der Waals surface area (Å²) < 4.78 is 48.2. The van der Waals surface area contributed by atoms with Crippen LogP contribution in [-0.2, 0) is 11.0 Å². The zero-order valence-electron chi connectivity index (χ0n) is 13.6. The molecule has 0 aliphatic heterocycles. The van der Waals surface area contributed by atoms with Gasteiger partial charge in [0.05, 0.1) is 26.3 Å². The van der Waals surface area contributed by atoms with Gasteiger partial charge in [-0.1, -0.05) is 6.07 Å².